The van der Waals surface area contributed by atoms with Crippen molar-refractivity contribution in [3.63, 3.8) is 0 Å². The Bertz CT molecular complexity index is 831. The summed E-state index contributed by atoms with van der Waals surface area (Å²) in [5.74, 6) is -0.0886. The predicted molar refractivity (Wildman–Crippen MR) is 96.0 cm³/mol. The topological polar surface area (TPSA) is 29.1 Å². The second-order valence-electron chi connectivity index (χ2n) is 5.54. The predicted octanol–water partition coefficient (Wildman–Crippen LogP) is 4.73. The molecule has 23 heavy (non-hydrogen) atoms. The Morgan fingerprint density at radius 2 is 1.61 bits per heavy atom. The average Bonchev–Trinajstić information content (AvgIpc) is 2.60. The molecule has 0 aliphatic rings. The van der Waals surface area contributed by atoms with Crippen LogP contribution in [0.5, 0.6) is 0 Å². The number of amides is 1. The first kappa shape index (κ1) is 15.0. The van der Waals surface area contributed by atoms with Gasteiger partial charge in [-0.25, -0.2) is 0 Å². The lowest BCUT2D eigenvalue weighted by Gasteiger charge is -2.12. The molecule has 0 saturated heterocycles. The lowest BCUT2D eigenvalue weighted by Crippen LogP contribution is -2.24. The molecule has 0 aromatic heterocycles. The molecular weight excluding hydrogens is 282 g/mol. The number of carbonyl (C=O) groups is 1. The van der Waals surface area contributed by atoms with Gasteiger partial charge >= 0.3 is 0 Å². The third-order valence-corrected chi connectivity index (χ3v) is 3.90. The summed E-state index contributed by atoms with van der Waals surface area (Å²) < 4.78 is 0. The van der Waals surface area contributed by atoms with E-state index in [1.807, 2.05) is 67.6 Å². The van der Waals surface area contributed by atoms with Crippen LogP contribution in [0.3, 0.4) is 0 Å². The van der Waals surface area contributed by atoms with E-state index in [9.17, 15) is 4.79 Å². The minimum absolute atomic E-state index is 0.0131. The first-order chi connectivity index (χ1) is 11.2. The normalized spacial score (nSPS) is 12.4. The van der Waals surface area contributed by atoms with Crippen molar-refractivity contribution in [2.45, 2.75) is 13.0 Å². The smallest absolute Gasteiger partial charge is 0.244 e. The largest absolute Gasteiger partial charge is 0.346 e. The van der Waals surface area contributed by atoms with Gasteiger partial charge in [-0.2, -0.15) is 0 Å². The minimum Gasteiger partial charge on any atom is -0.346 e. The third-order valence-electron chi connectivity index (χ3n) is 3.90. The van der Waals surface area contributed by atoms with Crippen LogP contribution in [0.2, 0.25) is 0 Å². The van der Waals surface area contributed by atoms with Crippen molar-refractivity contribution in [2.24, 2.45) is 0 Å². The van der Waals surface area contributed by atoms with Crippen LogP contribution in [-0.4, -0.2) is 5.91 Å². The van der Waals surface area contributed by atoms with Gasteiger partial charge in [0.25, 0.3) is 0 Å². The first-order valence-corrected chi connectivity index (χ1v) is 7.75. The lowest BCUT2D eigenvalue weighted by atomic mass is 10.0. The molecule has 0 heterocycles. The van der Waals surface area contributed by atoms with E-state index in [4.69, 9.17) is 0 Å². The van der Waals surface area contributed by atoms with Crippen molar-refractivity contribution < 1.29 is 4.79 Å². The molecule has 0 saturated carbocycles. The van der Waals surface area contributed by atoms with Gasteiger partial charge in [-0.3, -0.25) is 4.79 Å². The minimum atomic E-state index is -0.0886. The second kappa shape index (κ2) is 6.93. The summed E-state index contributed by atoms with van der Waals surface area (Å²) in [6.07, 6.45) is 3.47. The number of fused-ring (bicyclic) bond motifs is 1. The maximum absolute atomic E-state index is 12.1. The van der Waals surface area contributed by atoms with Gasteiger partial charge < -0.3 is 5.32 Å². The van der Waals surface area contributed by atoms with E-state index in [1.165, 1.54) is 5.39 Å². The summed E-state index contributed by atoms with van der Waals surface area (Å²) >= 11 is 0. The SMILES string of the molecule is C[C@H](NC(=O)/C=C\c1cccc2ccccc12)c1ccccc1. The van der Waals surface area contributed by atoms with Crippen LogP contribution in [0, 0.1) is 0 Å². The Kier molecular flexibility index (Phi) is 4.53. The third kappa shape index (κ3) is 3.67. The quantitative estimate of drug-likeness (QED) is 0.693. The van der Waals surface area contributed by atoms with E-state index in [0.29, 0.717) is 0 Å². The zero-order valence-electron chi connectivity index (χ0n) is 13.1. The van der Waals surface area contributed by atoms with Crippen molar-refractivity contribution in [1.82, 2.24) is 5.32 Å². The molecule has 3 rings (SSSR count). The standard InChI is InChI=1S/C21H19NO/c1-16(17-8-3-2-4-9-17)22-21(23)15-14-19-12-7-11-18-10-5-6-13-20(18)19/h2-16H,1H3,(H,22,23)/b15-14-/t16-/m0/s1. The number of carbonyl (C=O) groups excluding carboxylic acids is 1. The Balaban J connectivity index is 1.73. The van der Waals surface area contributed by atoms with Gasteiger partial charge in [-0.15, -0.1) is 0 Å². The molecule has 2 heteroatoms. The summed E-state index contributed by atoms with van der Waals surface area (Å²) in [5.41, 5.74) is 2.14. The van der Waals surface area contributed by atoms with Crippen LogP contribution in [0.25, 0.3) is 16.8 Å². The Labute approximate surface area is 136 Å². The van der Waals surface area contributed by atoms with E-state index >= 15 is 0 Å². The number of hydrogen-bond donors (Lipinski definition) is 1. The number of benzene rings is 3. The van der Waals surface area contributed by atoms with Gasteiger partial charge in [0.05, 0.1) is 6.04 Å². The fourth-order valence-electron chi connectivity index (χ4n) is 2.65. The molecule has 0 aliphatic heterocycles. The molecule has 0 fully saturated rings. The van der Waals surface area contributed by atoms with Crippen molar-refractivity contribution in [2.75, 3.05) is 0 Å². The van der Waals surface area contributed by atoms with Crippen LogP contribution in [0.4, 0.5) is 0 Å². The van der Waals surface area contributed by atoms with Crippen LogP contribution in [0.1, 0.15) is 24.1 Å². The molecular formula is C21H19NO. The van der Waals surface area contributed by atoms with Gasteiger partial charge in [-0.05, 0) is 34.9 Å². The van der Waals surface area contributed by atoms with Crippen LogP contribution >= 0.6 is 0 Å². The van der Waals surface area contributed by atoms with E-state index in [-0.39, 0.29) is 11.9 Å². The molecule has 1 amide bonds. The summed E-state index contributed by atoms with van der Waals surface area (Å²) in [6, 6.07) is 24.2. The van der Waals surface area contributed by atoms with Crippen LogP contribution in [0.15, 0.2) is 78.9 Å². The van der Waals surface area contributed by atoms with Crippen molar-refractivity contribution in [3.8, 4) is 0 Å². The fraction of sp³-hybridized carbons (Fsp3) is 0.0952. The number of hydrogen-bond acceptors (Lipinski definition) is 1. The highest BCUT2D eigenvalue weighted by atomic mass is 16.1. The van der Waals surface area contributed by atoms with Crippen molar-refractivity contribution >= 4 is 22.8 Å². The zero-order chi connectivity index (χ0) is 16.1. The monoisotopic (exact) mass is 301 g/mol. The molecule has 1 N–H and O–H groups in total. The molecule has 2 nitrogen and oxygen atoms in total. The molecule has 0 bridgehead atoms. The highest BCUT2D eigenvalue weighted by Crippen LogP contribution is 2.19. The molecule has 3 aromatic carbocycles. The van der Waals surface area contributed by atoms with Gasteiger partial charge in [-0.1, -0.05) is 72.8 Å². The first-order valence-electron chi connectivity index (χ1n) is 7.75. The summed E-state index contributed by atoms with van der Waals surface area (Å²) in [7, 11) is 0. The number of rotatable bonds is 4. The Hall–Kier alpha value is -2.87. The van der Waals surface area contributed by atoms with E-state index < -0.39 is 0 Å². The molecule has 0 radical (unpaired) electrons. The molecule has 0 unspecified atom stereocenters. The highest BCUT2D eigenvalue weighted by Gasteiger charge is 2.06. The highest BCUT2D eigenvalue weighted by molar-refractivity contribution is 5.96. The van der Waals surface area contributed by atoms with Crippen molar-refractivity contribution in [1.29, 1.82) is 0 Å². The fourth-order valence-corrected chi connectivity index (χ4v) is 2.65. The number of nitrogens with one attached hydrogen (secondary N) is 1. The molecule has 114 valence electrons. The molecule has 1 atom stereocenters. The summed E-state index contributed by atoms with van der Waals surface area (Å²) in [4.78, 5) is 12.1. The van der Waals surface area contributed by atoms with E-state index in [2.05, 4.69) is 23.5 Å². The maximum atomic E-state index is 12.1. The van der Waals surface area contributed by atoms with Crippen molar-refractivity contribution in [3.05, 3.63) is 90.0 Å². The molecule has 0 aliphatic carbocycles. The summed E-state index contributed by atoms with van der Waals surface area (Å²) in [5, 5.41) is 5.31. The van der Waals surface area contributed by atoms with Gasteiger partial charge in [0, 0.05) is 6.08 Å². The summed E-state index contributed by atoms with van der Waals surface area (Å²) in [6.45, 7) is 1.99. The van der Waals surface area contributed by atoms with Gasteiger partial charge in [0.2, 0.25) is 5.91 Å². The van der Waals surface area contributed by atoms with Gasteiger partial charge in [0.1, 0.15) is 0 Å². The van der Waals surface area contributed by atoms with E-state index in [1.54, 1.807) is 6.08 Å². The zero-order valence-corrected chi connectivity index (χ0v) is 13.1. The van der Waals surface area contributed by atoms with Gasteiger partial charge in [0.15, 0.2) is 0 Å². The average molecular weight is 301 g/mol. The molecule has 3 aromatic rings. The van der Waals surface area contributed by atoms with Crippen LogP contribution in [-0.2, 0) is 4.79 Å². The Morgan fingerprint density at radius 1 is 0.913 bits per heavy atom. The second-order valence-corrected chi connectivity index (χ2v) is 5.54. The van der Waals surface area contributed by atoms with Crippen LogP contribution < -0.4 is 5.32 Å². The van der Waals surface area contributed by atoms with E-state index in [0.717, 1.165) is 16.5 Å². The molecule has 0 spiro atoms. The maximum Gasteiger partial charge on any atom is 0.244 e. The Morgan fingerprint density at radius 3 is 2.43 bits per heavy atom. The lowest BCUT2D eigenvalue weighted by molar-refractivity contribution is -0.117.